The number of thioether (sulfide) groups is 1. The smallest absolute Gasteiger partial charge is 0.328 e. The summed E-state index contributed by atoms with van der Waals surface area (Å²) in [6, 6.07) is 6.33. The minimum absolute atomic E-state index is 0.187. The molecule has 0 saturated heterocycles. The van der Waals surface area contributed by atoms with E-state index < -0.39 is 5.69 Å². The van der Waals surface area contributed by atoms with Crippen LogP contribution in [0.4, 0.5) is 0 Å². The van der Waals surface area contributed by atoms with Crippen molar-refractivity contribution < 1.29 is 4.42 Å². The fourth-order valence-corrected chi connectivity index (χ4v) is 3.44. The highest BCUT2D eigenvalue weighted by Gasteiger charge is 2.14. The molecule has 0 aliphatic rings. The van der Waals surface area contributed by atoms with Gasteiger partial charge in [-0.15, -0.1) is 10.2 Å². The van der Waals surface area contributed by atoms with Gasteiger partial charge in [-0.3, -0.25) is 9.36 Å². The number of hydrogen-bond donors (Lipinski definition) is 1. The second-order valence-electron chi connectivity index (χ2n) is 6.25. The summed E-state index contributed by atoms with van der Waals surface area (Å²) in [6.45, 7) is 5.82. The van der Waals surface area contributed by atoms with E-state index in [9.17, 15) is 9.59 Å². The average molecular weight is 372 g/mol. The molecule has 1 aromatic carbocycles. The maximum Gasteiger partial charge on any atom is 0.328 e. The third kappa shape index (κ3) is 3.80. The zero-order valence-corrected chi connectivity index (χ0v) is 15.9. The molecule has 0 atom stereocenters. The largest absolute Gasteiger partial charge is 0.416 e. The molecule has 8 heteroatoms. The Kier molecular flexibility index (Phi) is 5.13. The lowest BCUT2D eigenvalue weighted by Crippen LogP contribution is -2.36. The van der Waals surface area contributed by atoms with Crippen LogP contribution in [0.25, 0.3) is 0 Å². The van der Waals surface area contributed by atoms with Gasteiger partial charge in [0.1, 0.15) is 0 Å². The number of benzene rings is 1. The van der Waals surface area contributed by atoms with E-state index in [-0.39, 0.29) is 12.0 Å². The van der Waals surface area contributed by atoms with Crippen LogP contribution in [0.15, 0.2) is 37.4 Å². The minimum atomic E-state index is -0.438. The first kappa shape index (κ1) is 18.2. The van der Waals surface area contributed by atoms with Gasteiger partial charge in [0, 0.05) is 24.1 Å². The molecule has 7 nitrogen and oxygen atoms in total. The number of hydrogen-bond acceptors (Lipinski definition) is 6. The maximum atomic E-state index is 12.2. The van der Waals surface area contributed by atoms with Gasteiger partial charge in [0.05, 0.1) is 6.42 Å². The van der Waals surface area contributed by atoms with Crippen LogP contribution in [-0.4, -0.2) is 19.7 Å². The van der Waals surface area contributed by atoms with Crippen molar-refractivity contribution in [1.29, 1.82) is 0 Å². The second-order valence-corrected chi connectivity index (χ2v) is 7.18. The zero-order chi connectivity index (χ0) is 18.8. The average Bonchev–Trinajstić information content (AvgIpc) is 3.05. The Balaban J connectivity index is 1.75. The van der Waals surface area contributed by atoms with E-state index in [4.69, 9.17) is 4.42 Å². The summed E-state index contributed by atoms with van der Waals surface area (Å²) < 4.78 is 6.70. The van der Waals surface area contributed by atoms with E-state index in [0.29, 0.717) is 22.4 Å². The molecule has 2 aromatic heterocycles. The van der Waals surface area contributed by atoms with Crippen molar-refractivity contribution >= 4 is 11.8 Å². The Hall–Kier alpha value is -2.61. The highest BCUT2D eigenvalue weighted by atomic mass is 32.2. The molecule has 0 unspecified atom stereocenters. The molecule has 0 saturated carbocycles. The lowest BCUT2D eigenvalue weighted by Gasteiger charge is -2.05. The van der Waals surface area contributed by atoms with Gasteiger partial charge >= 0.3 is 5.69 Å². The monoisotopic (exact) mass is 372 g/mol. The quantitative estimate of drug-likeness (QED) is 0.691. The predicted octanol–water partition coefficient (Wildman–Crippen LogP) is 2.26. The lowest BCUT2D eigenvalue weighted by atomic mass is 10.1. The van der Waals surface area contributed by atoms with Crippen LogP contribution >= 0.6 is 11.8 Å². The third-order valence-corrected chi connectivity index (χ3v) is 5.11. The van der Waals surface area contributed by atoms with Crippen LogP contribution in [0.1, 0.15) is 33.8 Å². The predicted molar refractivity (Wildman–Crippen MR) is 99.6 cm³/mol. The van der Waals surface area contributed by atoms with Crippen molar-refractivity contribution in [2.45, 2.75) is 38.2 Å². The highest BCUT2D eigenvalue weighted by Crippen LogP contribution is 2.24. The number of aromatic nitrogens is 4. The van der Waals surface area contributed by atoms with Gasteiger partial charge < -0.3 is 9.40 Å². The van der Waals surface area contributed by atoms with Gasteiger partial charge in [0.25, 0.3) is 10.8 Å². The normalized spacial score (nSPS) is 11.1. The molecule has 1 N–H and O–H groups in total. The number of nitrogens with zero attached hydrogens (tertiary/aromatic N) is 3. The van der Waals surface area contributed by atoms with Crippen molar-refractivity contribution in [3.8, 4) is 0 Å². The molecule has 26 heavy (non-hydrogen) atoms. The molecule has 0 aliphatic carbocycles. The van der Waals surface area contributed by atoms with Crippen molar-refractivity contribution in [3.05, 3.63) is 72.9 Å². The van der Waals surface area contributed by atoms with Gasteiger partial charge in [-0.2, -0.15) is 0 Å². The summed E-state index contributed by atoms with van der Waals surface area (Å²) in [5, 5.41) is 8.52. The molecule has 3 rings (SSSR count). The summed E-state index contributed by atoms with van der Waals surface area (Å²) >= 11 is 1.46. The van der Waals surface area contributed by atoms with E-state index in [2.05, 4.69) is 47.2 Å². The van der Waals surface area contributed by atoms with E-state index >= 15 is 0 Å². The molecule has 3 aromatic rings. The van der Waals surface area contributed by atoms with Crippen LogP contribution in [0.3, 0.4) is 0 Å². The number of aryl methyl sites for hydroxylation is 3. The Labute approximate surface area is 154 Å². The van der Waals surface area contributed by atoms with E-state index in [0.717, 1.165) is 10.3 Å². The first-order chi connectivity index (χ1) is 12.3. The first-order valence-electron chi connectivity index (χ1n) is 8.15. The third-order valence-electron chi connectivity index (χ3n) is 4.25. The summed E-state index contributed by atoms with van der Waals surface area (Å²) in [4.78, 5) is 26.5. The minimum Gasteiger partial charge on any atom is -0.416 e. The molecule has 0 aliphatic heterocycles. The molecule has 0 fully saturated rings. The SMILES string of the molecule is Cc1ccc(C)c(CSc2nnc(Cc3c(C)[nH]c(=O)n(C)c3=O)o2)c1. The number of H-pyrrole nitrogens is 1. The molecule has 0 amide bonds. The Bertz CT molecular complexity index is 1070. The van der Waals surface area contributed by atoms with Gasteiger partial charge in [0.2, 0.25) is 5.89 Å². The highest BCUT2D eigenvalue weighted by molar-refractivity contribution is 7.98. The van der Waals surface area contributed by atoms with Crippen LogP contribution in [0.5, 0.6) is 0 Å². The topological polar surface area (TPSA) is 93.8 Å². The first-order valence-corrected chi connectivity index (χ1v) is 9.14. The van der Waals surface area contributed by atoms with E-state index in [1.807, 2.05) is 0 Å². The van der Waals surface area contributed by atoms with E-state index in [1.54, 1.807) is 6.92 Å². The van der Waals surface area contributed by atoms with Crippen molar-refractivity contribution in [3.63, 3.8) is 0 Å². The molecule has 0 bridgehead atoms. The van der Waals surface area contributed by atoms with Crippen LogP contribution in [-0.2, 0) is 19.2 Å². The summed E-state index contributed by atoms with van der Waals surface area (Å²) in [6.07, 6.45) is 0.187. The summed E-state index contributed by atoms with van der Waals surface area (Å²) in [5.74, 6) is 1.08. The molecule has 0 radical (unpaired) electrons. The maximum absolute atomic E-state index is 12.2. The summed E-state index contributed by atoms with van der Waals surface area (Å²) in [5.41, 5.74) is 3.82. The fourth-order valence-electron chi connectivity index (χ4n) is 2.60. The molecular formula is C18H20N4O3S. The Morgan fingerprint density at radius 1 is 1.19 bits per heavy atom. The van der Waals surface area contributed by atoms with Crippen LogP contribution in [0.2, 0.25) is 0 Å². The Morgan fingerprint density at radius 2 is 1.96 bits per heavy atom. The zero-order valence-electron chi connectivity index (χ0n) is 15.1. The standard InChI is InChI=1S/C18H20N4O3S/c1-10-5-6-11(2)13(7-10)9-26-18-21-20-15(25-18)8-14-12(3)19-17(24)22(4)16(14)23/h5-7H,8-9H2,1-4H3,(H,19,24). The summed E-state index contributed by atoms with van der Waals surface area (Å²) in [7, 11) is 1.43. The molecule has 2 heterocycles. The van der Waals surface area contributed by atoms with Crippen LogP contribution in [0, 0.1) is 20.8 Å². The van der Waals surface area contributed by atoms with Gasteiger partial charge in [-0.25, -0.2) is 4.79 Å². The molecule has 136 valence electrons. The van der Waals surface area contributed by atoms with Gasteiger partial charge in [-0.05, 0) is 31.9 Å². The number of aromatic amines is 1. The molecular weight excluding hydrogens is 352 g/mol. The number of rotatable bonds is 5. The van der Waals surface area contributed by atoms with Gasteiger partial charge in [-0.1, -0.05) is 35.5 Å². The van der Waals surface area contributed by atoms with Crippen molar-refractivity contribution in [2.24, 2.45) is 7.05 Å². The molecule has 0 spiro atoms. The fraction of sp³-hybridized carbons (Fsp3) is 0.333. The van der Waals surface area contributed by atoms with Gasteiger partial charge in [0.15, 0.2) is 0 Å². The van der Waals surface area contributed by atoms with E-state index in [1.165, 1.54) is 35.5 Å². The van der Waals surface area contributed by atoms with Crippen molar-refractivity contribution in [1.82, 2.24) is 19.7 Å². The van der Waals surface area contributed by atoms with Crippen LogP contribution < -0.4 is 11.2 Å². The lowest BCUT2D eigenvalue weighted by molar-refractivity contribution is 0.419. The van der Waals surface area contributed by atoms with Crippen molar-refractivity contribution in [2.75, 3.05) is 0 Å². The Morgan fingerprint density at radius 3 is 2.73 bits per heavy atom. The number of nitrogens with one attached hydrogen (secondary N) is 1. The second kappa shape index (κ2) is 7.33.